The summed E-state index contributed by atoms with van der Waals surface area (Å²) in [6, 6.07) is 6.72. The van der Waals surface area contributed by atoms with Crippen molar-refractivity contribution in [2.24, 2.45) is 0 Å². The molecule has 0 bridgehead atoms. The lowest BCUT2D eigenvalue weighted by molar-refractivity contribution is -0.157. The second kappa shape index (κ2) is 10.6. The van der Waals surface area contributed by atoms with Gasteiger partial charge in [-0.1, -0.05) is 6.07 Å². The fourth-order valence-corrected chi connectivity index (χ4v) is 3.56. The van der Waals surface area contributed by atoms with E-state index >= 15 is 0 Å². The average Bonchev–Trinajstić information content (AvgIpc) is 2.82. The lowest BCUT2D eigenvalue weighted by Crippen LogP contribution is -2.27. The number of rotatable bonds is 8. The second-order valence-corrected chi connectivity index (χ2v) is 8.59. The molecule has 0 amide bonds. The molecule has 0 unspecified atom stereocenters. The van der Waals surface area contributed by atoms with Gasteiger partial charge in [-0.15, -0.1) is 0 Å². The van der Waals surface area contributed by atoms with E-state index in [1.807, 2.05) is 0 Å². The predicted molar refractivity (Wildman–Crippen MR) is 128 cm³/mol. The Morgan fingerprint density at radius 3 is 2.23 bits per heavy atom. The maximum absolute atomic E-state index is 13.4. The molecule has 35 heavy (non-hydrogen) atoms. The van der Waals surface area contributed by atoms with Crippen molar-refractivity contribution in [2.45, 2.75) is 26.4 Å². The van der Waals surface area contributed by atoms with Gasteiger partial charge in [0.05, 0.1) is 28.4 Å². The number of carbonyl (C=O) groups is 2. The summed E-state index contributed by atoms with van der Waals surface area (Å²) in [4.78, 5) is 25.4. The molecule has 2 aromatic carbocycles. The molecule has 0 atom stereocenters. The Labute approximate surface area is 204 Å². The SMILES string of the molecule is COc1ccc(/C=C2\COc3cc(OC)c(OC)c(OC)c3C2=O)cc1OCC(=O)OC(C)(C)C. The van der Waals surface area contributed by atoms with Crippen LogP contribution in [0.5, 0.6) is 34.5 Å². The van der Waals surface area contributed by atoms with E-state index in [-0.39, 0.29) is 30.3 Å². The molecule has 0 radical (unpaired) electrons. The number of fused-ring (bicyclic) bond motifs is 1. The van der Waals surface area contributed by atoms with Crippen molar-refractivity contribution in [3.63, 3.8) is 0 Å². The summed E-state index contributed by atoms with van der Waals surface area (Å²) in [5, 5.41) is 0. The van der Waals surface area contributed by atoms with Crippen LogP contribution >= 0.6 is 0 Å². The summed E-state index contributed by atoms with van der Waals surface area (Å²) in [6.45, 7) is 5.09. The first-order valence-corrected chi connectivity index (χ1v) is 10.9. The lowest BCUT2D eigenvalue weighted by Gasteiger charge is -2.23. The van der Waals surface area contributed by atoms with Gasteiger partial charge in [0.15, 0.2) is 35.4 Å². The quantitative estimate of drug-likeness (QED) is 0.403. The zero-order valence-corrected chi connectivity index (χ0v) is 21.0. The maximum Gasteiger partial charge on any atom is 0.344 e. The predicted octanol–water partition coefficient (Wildman–Crippen LogP) is 4.10. The largest absolute Gasteiger partial charge is 0.493 e. The number of benzene rings is 2. The highest BCUT2D eigenvalue weighted by Gasteiger charge is 2.32. The molecule has 1 aliphatic rings. The number of carbonyl (C=O) groups excluding carboxylic acids is 2. The second-order valence-electron chi connectivity index (χ2n) is 8.59. The Balaban J connectivity index is 1.91. The average molecular weight is 487 g/mol. The van der Waals surface area contributed by atoms with Gasteiger partial charge < -0.3 is 33.2 Å². The molecular weight excluding hydrogens is 456 g/mol. The van der Waals surface area contributed by atoms with E-state index in [0.717, 1.165) is 0 Å². The third-order valence-corrected chi connectivity index (χ3v) is 4.99. The smallest absolute Gasteiger partial charge is 0.344 e. The van der Waals surface area contributed by atoms with E-state index in [0.29, 0.717) is 39.9 Å². The number of ketones is 1. The van der Waals surface area contributed by atoms with Crippen molar-refractivity contribution < 1.29 is 42.7 Å². The van der Waals surface area contributed by atoms with Gasteiger partial charge in [-0.3, -0.25) is 4.79 Å². The van der Waals surface area contributed by atoms with Crippen LogP contribution in [0.4, 0.5) is 0 Å². The van der Waals surface area contributed by atoms with Crippen LogP contribution in [0.3, 0.4) is 0 Å². The highest BCUT2D eigenvalue weighted by molar-refractivity contribution is 6.16. The molecule has 188 valence electrons. The van der Waals surface area contributed by atoms with Crippen LogP contribution < -0.4 is 28.4 Å². The molecule has 2 aromatic rings. The minimum atomic E-state index is -0.623. The third kappa shape index (κ3) is 5.79. The maximum atomic E-state index is 13.4. The van der Waals surface area contributed by atoms with Crippen LogP contribution in [-0.2, 0) is 9.53 Å². The standard InChI is InChI=1S/C26H30O9/c1-26(2,3)35-21(27)14-34-18-11-15(8-9-17(18)29-4)10-16-13-33-19-12-20(30-5)24(31-6)25(32-7)22(19)23(16)28/h8-12H,13-14H2,1-7H3/b16-10+. The van der Waals surface area contributed by atoms with E-state index in [1.54, 1.807) is 51.1 Å². The van der Waals surface area contributed by atoms with E-state index in [1.165, 1.54) is 28.4 Å². The van der Waals surface area contributed by atoms with Crippen LogP contribution in [0.2, 0.25) is 0 Å². The highest BCUT2D eigenvalue weighted by Crippen LogP contribution is 2.47. The van der Waals surface area contributed by atoms with Crippen LogP contribution in [0.15, 0.2) is 29.8 Å². The first-order valence-electron chi connectivity index (χ1n) is 10.9. The molecule has 1 heterocycles. The molecule has 0 saturated heterocycles. The Morgan fingerprint density at radius 1 is 0.943 bits per heavy atom. The third-order valence-electron chi connectivity index (χ3n) is 4.99. The fourth-order valence-electron chi connectivity index (χ4n) is 3.56. The van der Waals surface area contributed by atoms with Crippen LogP contribution in [0.25, 0.3) is 6.08 Å². The van der Waals surface area contributed by atoms with Gasteiger partial charge in [0.25, 0.3) is 0 Å². The van der Waals surface area contributed by atoms with Gasteiger partial charge >= 0.3 is 5.97 Å². The van der Waals surface area contributed by atoms with Crippen molar-refractivity contribution in [1.82, 2.24) is 0 Å². The Hall–Kier alpha value is -3.88. The summed E-state index contributed by atoms with van der Waals surface area (Å²) in [7, 11) is 5.90. The Bertz CT molecular complexity index is 1140. The number of esters is 1. The van der Waals surface area contributed by atoms with Gasteiger partial charge in [-0.2, -0.15) is 0 Å². The number of hydrogen-bond donors (Lipinski definition) is 0. The lowest BCUT2D eigenvalue weighted by atomic mass is 9.96. The Morgan fingerprint density at radius 2 is 1.63 bits per heavy atom. The van der Waals surface area contributed by atoms with E-state index in [9.17, 15) is 9.59 Å². The molecule has 0 N–H and O–H groups in total. The zero-order valence-electron chi connectivity index (χ0n) is 21.0. The van der Waals surface area contributed by atoms with E-state index in [2.05, 4.69) is 0 Å². The summed E-state index contributed by atoms with van der Waals surface area (Å²) in [5.74, 6) is 1.27. The fraction of sp³-hybridized carbons (Fsp3) is 0.385. The molecule has 9 nitrogen and oxygen atoms in total. The van der Waals surface area contributed by atoms with Crippen molar-refractivity contribution in [1.29, 1.82) is 0 Å². The number of methoxy groups -OCH3 is 4. The van der Waals surface area contributed by atoms with E-state index < -0.39 is 11.6 Å². The minimum Gasteiger partial charge on any atom is -0.493 e. The first kappa shape index (κ1) is 25.7. The number of hydrogen-bond acceptors (Lipinski definition) is 9. The van der Waals surface area contributed by atoms with Crippen molar-refractivity contribution in [3.8, 4) is 34.5 Å². The summed E-state index contributed by atoms with van der Waals surface area (Å²) in [6.07, 6.45) is 1.68. The van der Waals surface area contributed by atoms with Gasteiger partial charge in [-0.05, 0) is 44.5 Å². The van der Waals surface area contributed by atoms with Crippen LogP contribution in [-0.4, -0.2) is 59.0 Å². The zero-order chi connectivity index (χ0) is 25.8. The molecule has 0 spiro atoms. The van der Waals surface area contributed by atoms with Gasteiger partial charge in [-0.25, -0.2) is 4.79 Å². The van der Waals surface area contributed by atoms with Crippen molar-refractivity contribution >= 4 is 17.8 Å². The van der Waals surface area contributed by atoms with Crippen LogP contribution in [0, 0.1) is 0 Å². The molecule has 9 heteroatoms. The minimum absolute atomic E-state index is 0.0462. The molecule has 0 saturated carbocycles. The van der Waals surface area contributed by atoms with Crippen molar-refractivity contribution in [3.05, 3.63) is 41.0 Å². The molecular formula is C26H30O9. The monoisotopic (exact) mass is 486 g/mol. The van der Waals surface area contributed by atoms with Gasteiger partial charge in [0, 0.05) is 11.6 Å². The van der Waals surface area contributed by atoms with Gasteiger partial charge in [0.2, 0.25) is 5.75 Å². The number of Topliss-reactive ketones (excluding diaryl/α,β-unsaturated/α-hetero) is 1. The van der Waals surface area contributed by atoms with Crippen molar-refractivity contribution in [2.75, 3.05) is 41.7 Å². The normalized spacial score (nSPS) is 14.0. The van der Waals surface area contributed by atoms with Crippen LogP contribution in [0.1, 0.15) is 36.7 Å². The summed E-state index contributed by atoms with van der Waals surface area (Å²) >= 11 is 0. The first-order chi connectivity index (χ1) is 16.6. The Kier molecular flexibility index (Phi) is 7.78. The number of ether oxygens (including phenoxy) is 7. The molecule has 1 aliphatic heterocycles. The van der Waals surface area contributed by atoms with Gasteiger partial charge in [0.1, 0.15) is 23.5 Å². The van der Waals surface area contributed by atoms with E-state index in [4.69, 9.17) is 33.2 Å². The highest BCUT2D eigenvalue weighted by atomic mass is 16.6. The topological polar surface area (TPSA) is 98.8 Å². The summed E-state index contributed by atoms with van der Waals surface area (Å²) < 4.78 is 38.3. The molecule has 0 aliphatic carbocycles. The summed E-state index contributed by atoms with van der Waals surface area (Å²) in [5.41, 5.74) is 0.672. The molecule has 0 aromatic heterocycles. The molecule has 0 fully saturated rings. The molecule has 3 rings (SSSR count).